The standard InChI is InChI=1S/C12H14ClN3O2/c1-3-15(6-4-5-14)11-8-10(13)12(16(17)18)7-9(11)2/h7-8H,3-4,6H2,1-2H3. The molecule has 0 radical (unpaired) electrons. The predicted octanol–water partition coefficient (Wildman–Crippen LogP) is 3.30. The monoisotopic (exact) mass is 267 g/mol. The fourth-order valence-electron chi connectivity index (χ4n) is 1.77. The highest BCUT2D eigenvalue weighted by Gasteiger charge is 2.17. The minimum absolute atomic E-state index is 0.0887. The smallest absolute Gasteiger partial charge is 0.288 e. The van der Waals surface area contributed by atoms with Crippen molar-refractivity contribution < 1.29 is 4.92 Å². The number of halogens is 1. The third-order valence-corrected chi connectivity index (χ3v) is 2.98. The number of nitro benzene ring substituents is 1. The van der Waals surface area contributed by atoms with Gasteiger partial charge in [-0.05, 0) is 25.5 Å². The molecule has 0 saturated heterocycles. The molecule has 0 bridgehead atoms. The first-order valence-electron chi connectivity index (χ1n) is 5.57. The molecule has 0 fully saturated rings. The normalized spacial score (nSPS) is 9.89. The molecule has 96 valence electrons. The van der Waals surface area contributed by atoms with Gasteiger partial charge in [0.05, 0.1) is 17.4 Å². The van der Waals surface area contributed by atoms with Gasteiger partial charge in [0.15, 0.2) is 0 Å². The molecule has 0 aromatic heterocycles. The van der Waals surface area contributed by atoms with Gasteiger partial charge in [0.25, 0.3) is 5.69 Å². The van der Waals surface area contributed by atoms with Gasteiger partial charge in [0, 0.05) is 24.8 Å². The maximum Gasteiger partial charge on any atom is 0.288 e. The van der Waals surface area contributed by atoms with Crippen LogP contribution >= 0.6 is 11.6 Å². The van der Waals surface area contributed by atoms with Crippen molar-refractivity contribution in [2.45, 2.75) is 20.3 Å². The number of anilines is 1. The first kappa shape index (κ1) is 14.3. The number of hydrogen-bond acceptors (Lipinski definition) is 4. The first-order chi connectivity index (χ1) is 8.51. The highest BCUT2D eigenvalue weighted by molar-refractivity contribution is 6.33. The number of rotatable bonds is 5. The Morgan fingerprint density at radius 3 is 2.72 bits per heavy atom. The minimum atomic E-state index is -0.495. The average molecular weight is 268 g/mol. The molecule has 0 aliphatic carbocycles. The molecular weight excluding hydrogens is 254 g/mol. The maximum absolute atomic E-state index is 10.8. The van der Waals surface area contributed by atoms with Crippen molar-refractivity contribution in [3.05, 3.63) is 32.8 Å². The summed E-state index contributed by atoms with van der Waals surface area (Å²) < 4.78 is 0. The van der Waals surface area contributed by atoms with Crippen LogP contribution in [0.25, 0.3) is 0 Å². The van der Waals surface area contributed by atoms with Crippen LogP contribution in [-0.4, -0.2) is 18.0 Å². The highest BCUT2D eigenvalue weighted by atomic mass is 35.5. The molecular formula is C12H14ClN3O2. The molecule has 5 nitrogen and oxygen atoms in total. The van der Waals surface area contributed by atoms with Crippen LogP contribution in [0.15, 0.2) is 12.1 Å². The van der Waals surface area contributed by atoms with Crippen molar-refractivity contribution in [2.24, 2.45) is 0 Å². The van der Waals surface area contributed by atoms with E-state index in [9.17, 15) is 10.1 Å². The molecule has 0 heterocycles. The molecule has 6 heteroatoms. The maximum atomic E-state index is 10.8. The summed E-state index contributed by atoms with van der Waals surface area (Å²) in [5.41, 5.74) is 1.53. The van der Waals surface area contributed by atoms with Crippen LogP contribution < -0.4 is 4.90 Å². The fourth-order valence-corrected chi connectivity index (χ4v) is 2.00. The van der Waals surface area contributed by atoms with Gasteiger partial charge in [-0.15, -0.1) is 0 Å². The van der Waals surface area contributed by atoms with Gasteiger partial charge in [0.1, 0.15) is 5.02 Å². The van der Waals surface area contributed by atoms with Gasteiger partial charge in [-0.25, -0.2) is 0 Å². The zero-order valence-corrected chi connectivity index (χ0v) is 11.1. The van der Waals surface area contributed by atoms with E-state index in [1.807, 2.05) is 11.8 Å². The van der Waals surface area contributed by atoms with Crippen LogP contribution in [0.3, 0.4) is 0 Å². The fraction of sp³-hybridized carbons (Fsp3) is 0.417. The summed E-state index contributed by atoms with van der Waals surface area (Å²) in [4.78, 5) is 12.2. The van der Waals surface area contributed by atoms with Crippen LogP contribution in [0, 0.1) is 28.4 Å². The molecule has 0 amide bonds. The predicted molar refractivity (Wildman–Crippen MR) is 71.0 cm³/mol. The molecule has 0 spiro atoms. The van der Waals surface area contributed by atoms with Crippen molar-refractivity contribution >= 4 is 23.0 Å². The quantitative estimate of drug-likeness (QED) is 0.606. The summed E-state index contributed by atoms with van der Waals surface area (Å²) in [6.07, 6.45) is 0.405. The number of hydrogen-bond donors (Lipinski definition) is 0. The lowest BCUT2D eigenvalue weighted by molar-refractivity contribution is -0.384. The lowest BCUT2D eigenvalue weighted by atomic mass is 10.1. The van der Waals surface area contributed by atoms with Crippen LogP contribution in [0.5, 0.6) is 0 Å². The summed E-state index contributed by atoms with van der Waals surface area (Å²) >= 11 is 5.90. The summed E-state index contributed by atoms with van der Waals surface area (Å²) in [6.45, 7) is 5.07. The Morgan fingerprint density at radius 1 is 1.56 bits per heavy atom. The van der Waals surface area contributed by atoms with E-state index in [2.05, 4.69) is 6.07 Å². The minimum Gasteiger partial charge on any atom is -0.371 e. The second-order valence-corrected chi connectivity index (χ2v) is 4.24. The third kappa shape index (κ3) is 3.11. The van der Waals surface area contributed by atoms with E-state index in [1.165, 1.54) is 6.07 Å². The summed E-state index contributed by atoms with van der Waals surface area (Å²) in [6, 6.07) is 5.14. The van der Waals surface area contributed by atoms with Crippen LogP contribution in [0.4, 0.5) is 11.4 Å². The Bertz CT molecular complexity index is 497. The van der Waals surface area contributed by atoms with E-state index in [-0.39, 0.29) is 10.7 Å². The van der Waals surface area contributed by atoms with Crippen molar-refractivity contribution in [2.75, 3.05) is 18.0 Å². The Kier molecular flexibility index (Phi) is 4.93. The van der Waals surface area contributed by atoms with E-state index in [0.717, 1.165) is 17.8 Å². The molecule has 0 unspecified atom stereocenters. The van der Waals surface area contributed by atoms with Gasteiger partial charge in [-0.2, -0.15) is 5.26 Å². The Morgan fingerprint density at radius 2 is 2.22 bits per heavy atom. The number of benzene rings is 1. The molecule has 0 aliphatic rings. The van der Waals surface area contributed by atoms with Crippen molar-refractivity contribution in [3.8, 4) is 6.07 Å². The molecule has 0 N–H and O–H groups in total. The number of nitrogens with zero attached hydrogens (tertiary/aromatic N) is 3. The summed E-state index contributed by atoms with van der Waals surface area (Å²) in [7, 11) is 0. The Hall–Kier alpha value is -1.80. The van der Waals surface area contributed by atoms with Crippen molar-refractivity contribution in [3.63, 3.8) is 0 Å². The van der Waals surface area contributed by atoms with Gasteiger partial charge < -0.3 is 4.90 Å². The molecule has 1 rings (SSSR count). The zero-order valence-electron chi connectivity index (χ0n) is 10.3. The molecule has 1 aromatic carbocycles. The first-order valence-corrected chi connectivity index (χ1v) is 5.95. The molecule has 1 aromatic rings. The molecule has 0 aliphatic heterocycles. The Labute approximate surface area is 111 Å². The van der Waals surface area contributed by atoms with Gasteiger partial charge in [0.2, 0.25) is 0 Å². The number of aryl methyl sites for hydroxylation is 1. The largest absolute Gasteiger partial charge is 0.371 e. The van der Waals surface area contributed by atoms with E-state index in [0.29, 0.717) is 13.0 Å². The van der Waals surface area contributed by atoms with Crippen LogP contribution in [0.1, 0.15) is 18.9 Å². The SMILES string of the molecule is CCN(CCC#N)c1cc(Cl)c([N+](=O)[O-])cc1C. The van der Waals surface area contributed by atoms with E-state index < -0.39 is 4.92 Å². The van der Waals surface area contributed by atoms with E-state index in [4.69, 9.17) is 16.9 Å². The van der Waals surface area contributed by atoms with Gasteiger partial charge in [-0.3, -0.25) is 10.1 Å². The second-order valence-electron chi connectivity index (χ2n) is 3.83. The van der Waals surface area contributed by atoms with E-state index >= 15 is 0 Å². The second kappa shape index (κ2) is 6.22. The van der Waals surface area contributed by atoms with Gasteiger partial charge >= 0.3 is 0 Å². The average Bonchev–Trinajstić information content (AvgIpc) is 2.33. The molecule has 0 saturated carbocycles. The molecule has 18 heavy (non-hydrogen) atoms. The summed E-state index contributed by atoms with van der Waals surface area (Å²) in [5.74, 6) is 0. The van der Waals surface area contributed by atoms with Gasteiger partial charge in [-0.1, -0.05) is 11.6 Å². The number of nitriles is 1. The lowest BCUT2D eigenvalue weighted by Gasteiger charge is -2.24. The van der Waals surface area contributed by atoms with Crippen LogP contribution in [-0.2, 0) is 0 Å². The highest BCUT2D eigenvalue weighted by Crippen LogP contribution is 2.32. The topological polar surface area (TPSA) is 70.2 Å². The zero-order chi connectivity index (χ0) is 13.7. The van der Waals surface area contributed by atoms with E-state index in [1.54, 1.807) is 13.0 Å². The van der Waals surface area contributed by atoms with Crippen LogP contribution in [0.2, 0.25) is 5.02 Å². The Balaban J connectivity index is 3.13. The lowest BCUT2D eigenvalue weighted by Crippen LogP contribution is -2.24. The molecule has 0 atom stereocenters. The van der Waals surface area contributed by atoms with Crippen molar-refractivity contribution in [1.29, 1.82) is 5.26 Å². The number of nitro groups is 1. The summed E-state index contributed by atoms with van der Waals surface area (Å²) in [5, 5.41) is 19.5. The van der Waals surface area contributed by atoms with Crippen molar-refractivity contribution in [1.82, 2.24) is 0 Å². The third-order valence-electron chi connectivity index (χ3n) is 2.68.